The molecule has 0 aliphatic carbocycles. The molecule has 0 unspecified atom stereocenters. The first-order chi connectivity index (χ1) is 13.0. The smallest absolute Gasteiger partial charge is 0.252 e. The number of halogens is 1. The van der Waals surface area contributed by atoms with E-state index < -0.39 is 0 Å². The van der Waals surface area contributed by atoms with Crippen LogP contribution in [0.5, 0.6) is 0 Å². The van der Waals surface area contributed by atoms with Crippen molar-refractivity contribution in [3.05, 3.63) is 41.0 Å². The largest absolute Gasteiger partial charge is 0.367 e. The second-order valence-electron chi connectivity index (χ2n) is 6.20. The maximum atomic E-state index is 12.3. The molecule has 3 aromatic rings. The predicted octanol–water partition coefficient (Wildman–Crippen LogP) is 3.45. The molecule has 1 amide bonds. The Kier molecular flexibility index (Phi) is 6.18. The maximum absolute atomic E-state index is 12.3. The molecule has 1 aromatic carbocycles. The average molecular weight is 405 g/mol. The fraction of sp³-hybridized carbons (Fsp3) is 0.333. The van der Waals surface area contributed by atoms with E-state index in [1.54, 1.807) is 35.1 Å². The number of aromatic nitrogens is 4. The monoisotopic (exact) mass is 404 g/mol. The maximum Gasteiger partial charge on any atom is 0.252 e. The summed E-state index contributed by atoms with van der Waals surface area (Å²) in [4.78, 5) is 21.4. The Hall–Kier alpha value is -2.32. The zero-order valence-electron chi connectivity index (χ0n) is 15.4. The van der Waals surface area contributed by atoms with Gasteiger partial charge in [-0.05, 0) is 32.2 Å². The molecule has 2 heterocycles. The van der Waals surface area contributed by atoms with Gasteiger partial charge < -0.3 is 10.6 Å². The third-order valence-corrected chi connectivity index (χ3v) is 4.69. The number of nitrogens with one attached hydrogen (secondary N) is 2. The van der Waals surface area contributed by atoms with Crippen LogP contribution in [0.4, 0.5) is 5.82 Å². The van der Waals surface area contributed by atoms with Crippen LogP contribution in [0, 0.1) is 0 Å². The molecular formula is C18H21ClN6OS. The summed E-state index contributed by atoms with van der Waals surface area (Å²) in [5.41, 5.74) is 1.20. The van der Waals surface area contributed by atoms with E-state index in [9.17, 15) is 4.79 Å². The van der Waals surface area contributed by atoms with E-state index in [1.807, 2.05) is 6.26 Å². The minimum Gasteiger partial charge on any atom is -0.367 e. The predicted molar refractivity (Wildman–Crippen MR) is 110 cm³/mol. The summed E-state index contributed by atoms with van der Waals surface area (Å²) in [6.07, 6.45) is 3.69. The molecule has 0 aliphatic rings. The van der Waals surface area contributed by atoms with Crippen LogP contribution < -0.4 is 10.6 Å². The molecule has 142 valence electrons. The Morgan fingerprint density at radius 2 is 2.07 bits per heavy atom. The molecule has 0 atom stereocenters. The standard InChI is InChI=1S/C18H21ClN6OS/c1-11(2)22-15-13-10-21-25(16(13)24-18(23-15)27-3)9-8-20-17(26)12-6-4-5-7-14(12)19/h4-7,10-11H,8-9H2,1-3H3,(H,20,26)(H,22,23,24). The highest BCUT2D eigenvalue weighted by molar-refractivity contribution is 7.98. The number of amides is 1. The highest BCUT2D eigenvalue weighted by Crippen LogP contribution is 2.24. The summed E-state index contributed by atoms with van der Waals surface area (Å²) < 4.78 is 1.77. The van der Waals surface area contributed by atoms with Gasteiger partial charge in [0.05, 0.1) is 28.7 Å². The number of hydrogen-bond acceptors (Lipinski definition) is 6. The summed E-state index contributed by atoms with van der Waals surface area (Å²) in [6.45, 7) is 5.01. The quantitative estimate of drug-likeness (QED) is 0.463. The lowest BCUT2D eigenvalue weighted by molar-refractivity contribution is 0.0952. The van der Waals surface area contributed by atoms with Gasteiger partial charge in [-0.25, -0.2) is 14.6 Å². The summed E-state index contributed by atoms with van der Waals surface area (Å²) in [5, 5.41) is 12.6. The van der Waals surface area contributed by atoms with Crippen molar-refractivity contribution in [1.82, 2.24) is 25.1 Å². The lowest BCUT2D eigenvalue weighted by Crippen LogP contribution is -2.27. The van der Waals surface area contributed by atoms with Crippen molar-refractivity contribution in [1.29, 1.82) is 0 Å². The second kappa shape index (κ2) is 8.58. The number of thioether (sulfide) groups is 1. The van der Waals surface area contributed by atoms with Crippen LogP contribution in [0.25, 0.3) is 11.0 Å². The minimum absolute atomic E-state index is 0.210. The van der Waals surface area contributed by atoms with Crippen molar-refractivity contribution in [3.63, 3.8) is 0 Å². The van der Waals surface area contributed by atoms with Crippen molar-refractivity contribution in [2.45, 2.75) is 31.6 Å². The Morgan fingerprint density at radius 3 is 2.78 bits per heavy atom. The first-order valence-electron chi connectivity index (χ1n) is 8.56. The van der Waals surface area contributed by atoms with Gasteiger partial charge in [0.25, 0.3) is 5.91 Å². The highest BCUT2D eigenvalue weighted by Gasteiger charge is 2.14. The van der Waals surface area contributed by atoms with E-state index in [-0.39, 0.29) is 11.9 Å². The van der Waals surface area contributed by atoms with E-state index in [0.29, 0.717) is 28.8 Å². The number of nitrogens with zero attached hydrogens (tertiary/aromatic N) is 4. The van der Waals surface area contributed by atoms with Gasteiger partial charge in [0.2, 0.25) is 0 Å². The lowest BCUT2D eigenvalue weighted by Gasteiger charge is -2.11. The first-order valence-corrected chi connectivity index (χ1v) is 10.2. The molecule has 0 aliphatic heterocycles. The van der Waals surface area contributed by atoms with Crippen molar-refractivity contribution >= 4 is 46.1 Å². The molecule has 2 N–H and O–H groups in total. The Morgan fingerprint density at radius 1 is 1.30 bits per heavy atom. The van der Waals surface area contributed by atoms with Gasteiger partial charge in [-0.1, -0.05) is 35.5 Å². The SMILES string of the molecule is CSc1nc(NC(C)C)c2cnn(CCNC(=O)c3ccccc3Cl)c2n1. The molecule has 27 heavy (non-hydrogen) atoms. The van der Waals surface area contributed by atoms with Crippen molar-refractivity contribution in [2.24, 2.45) is 0 Å². The number of rotatable bonds is 7. The Balaban J connectivity index is 1.75. The molecule has 0 saturated carbocycles. The molecule has 7 nitrogen and oxygen atoms in total. The van der Waals surface area contributed by atoms with E-state index in [1.165, 1.54) is 11.8 Å². The highest BCUT2D eigenvalue weighted by atomic mass is 35.5. The zero-order valence-corrected chi connectivity index (χ0v) is 16.9. The van der Waals surface area contributed by atoms with E-state index >= 15 is 0 Å². The molecule has 9 heteroatoms. The van der Waals surface area contributed by atoms with Crippen LogP contribution in [-0.2, 0) is 6.54 Å². The number of anilines is 1. The van der Waals surface area contributed by atoms with Gasteiger partial charge in [-0.2, -0.15) is 5.10 Å². The molecule has 2 aromatic heterocycles. The van der Waals surface area contributed by atoms with Crippen molar-refractivity contribution < 1.29 is 4.79 Å². The fourth-order valence-corrected chi connectivity index (χ4v) is 3.17. The number of benzene rings is 1. The molecule has 0 fully saturated rings. The van der Waals surface area contributed by atoms with Crippen LogP contribution in [0.15, 0.2) is 35.6 Å². The summed E-state index contributed by atoms with van der Waals surface area (Å²) >= 11 is 7.54. The van der Waals surface area contributed by atoms with E-state index in [2.05, 4.69) is 39.5 Å². The van der Waals surface area contributed by atoms with Gasteiger partial charge in [0, 0.05) is 12.6 Å². The van der Waals surface area contributed by atoms with E-state index in [0.717, 1.165) is 16.9 Å². The molecular weight excluding hydrogens is 384 g/mol. The van der Waals surface area contributed by atoms with Crippen LogP contribution >= 0.6 is 23.4 Å². The molecule has 0 radical (unpaired) electrons. The van der Waals surface area contributed by atoms with Gasteiger partial charge in [-0.3, -0.25) is 4.79 Å². The number of fused-ring (bicyclic) bond motifs is 1. The third kappa shape index (κ3) is 4.51. The fourth-order valence-electron chi connectivity index (χ4n) is 2.59. The summed E-state index contributed by atoms with van der Waals surface area (Å²) in [7, 11) is 0. The minimum atomic E-state index is -0.210. The van der Waals surface area contributed by atoms with Crippen LogP contribution in [0.1, 0.15) is 24.2 Å². The molecule has 0 spiro atoms. The van der Waals surface area contributed by atoms with Gasteiger partial charge in [-0.15, -0.1) is 0 Å². The number of carbonyl (C=O) groups is 1. The summed E-state index contributed by atoms with van der Waals surface area (Å²) in [6, 6.07) is 7.22. The lowest BCUT2D eigenvalue weighted by atomic mass is 10.2. The van der Waals surface area contributed by atoms with Gasteiger partial charge in [0.1, 0.15) is 5.82 Å². The normalized spacial score (nSPS) is 11.1. The summed E-state index contributed by atoms with van der Waals surface area (Å²) in [5.74, 6) is 0.560. The average Bonchev–Trinajstić information content (AvgIpc) is 3.04. The van der Waals surface area contributed by atoms with Gasteiger partial charge >= 0.3 is 0 Å². The molecule has 3 rings (SSSR count). The van der Waals surface area contributed by atoms with Crippen molar-refractivity contribution in [2.75, 3.05) is 18.1 Å². The third-order valence-electron chi connectivity index (χ3n) is 3.81. The Bertz CT molecular complexity index is 958. The number of hydrogen-bond donors (Lipinski definition) is 2. The van der Waals surface area contributed by atoms with Crippen LogP contribution in [-0.4, -0.2) is 44.5 Å². The van der Waals surface area contributed by atoms with Gasteiger partial charge in [0.15, 0.2) is 10.8 Å². The topological polar surface area (TPSA) is 84.7 Å². The first kappa shape index (κ1) is 19.4. The number of carbonyl (C=O) groups excluding carboxylic acids is 1. The van der Waals surface area contributed by atoms with E-state index in [4.69, 9.17) is 11.6 Å². The molecule has 0 bridgehead atoms. The van der Waals surface area contributed by atoms with Crippen LogP contribution in [0.3, 0.4) is 0 Å². The van der Waals surface area contributed by atoms with Crippen molar-refractivity contribution in [3.8, 4) is 0 Å². The van der Waals surface area contributed by atoms with Crippen LogP contribution in [0.2, 0.25) is 5.02 Å². The Labute approximate surface area is 166 Å². The zero-order chi connectivity index (χ0) is 19.4. The second-order valence-corrected chi connectivity index (χ2v) is 7.38. The molecule has 0 saturated heterocycles.